The topological polar surface area (TPSA) is 123 Å². The molecule has 5 heterocycles. The Balaban J connectivity index is 1.12. The molecule has 2 aromatic heterocycles. The maximum atomic E-state index is 14.4. The van der Waals surface area contributed by atoms with Crippen LogP contribution in [0, 0.1) is 12.8 Å². The number of nitrogens with one attached hydrogen (secondary N) is 2. The summed E-state index contributed by atoms with van der Waals surface area (Å²) in [5, 5.41) is 27.4. The Morgan fingerprint density at radius 3 is 2.62 bits per heavy atom. The average Bonchev–Trinajstić information content (AvgIpc) is 3.80. The first-order valence-electron chi connectivity index (χ1n) is 18.1. The molecule has 0 amide bonds. The lowest BCUT2D eigenvalue weighted by Gasteiger charge is -2.25. The molecule has 4 aromatic rings. The minimum absolute atomic E-state index is 0.0843. The molecule has 0 saturated carbocycles. The summed E-state index contributed by atoms with van der Waals surface area (Å²) in [6.07, 6.45) is 6.24. The van der Waals surface area contributed by atoms with Crippen molar-refractivity contribution in [2.24, 2.45) is 5.92 Å². The normalized spacial score (nSPS) is 20.8. The monoisotopic (exact) mass is 774 g/mol. The zero-order valence-electron chi connectivity index (χ0n) is 30.4. The minimum Gasteiger partial charge on any atom is -0.496 e. The van der Waals surface area contributed by atoms with Crippen molar-refractivity contribution < 1.29 is 32.9 Å². The first-order valence-corrected chi connectivity index (χ1v) is 18.5. The summed E-state index contributed by atoms with van der Waals surface area (Å²) in [4.78, 5) is 24.8. The first-order chi connectivity index (χ1) is 26.4. The molecule has 3 atom stereocenters. The van der Waals surface area contributed by atoms with E-state index in [9.17, 15) is 28.2 Å². The number of halogens is 4. The van der Waals surface area contributed by atoms with Crippen LogP contribution < -0.4 is 15.4 Å². The number of aliphatic carboxylic acids is 1. The summed E-state index contributed by atoms with van der Waals surface area (Å²) in [5.41, 5.74) is 4.28. The Hall–Kier alpha value is -4.95. The summed E-state index contributed by atoms with van der Waals surface area (Å²) >= 11 is 7.00. The Kier molecular flexibility index (Phi) is 11.2. The number of ether oxygens (including phenoxy) is 1. The number of benzene rings is 2. The number of β-amino-alcohol motifs (C(OH)–C–C–N with tert-alkyl or cyclic N) is 1. The van der Waals surface area contributed by atoms with Gasteiger partial charge in [-0.25, -0.2) is 4.98 Å². The van der Waals surface area contributed by atoms with E-state index in [4.69, 9.17) is 21.3 Å². The molecule has 3 aliphatic rings. The molecule has 55 heavy (non-hydrogen) atoms. The molecule has 0 radical (unpaired) electrons. The summed E-state index contributed by atoms with van der Waals surface area (Å²) < 4.78 is 48.9. The van der Waals surface area contributed by atoms with E-state index in [2.05, 4.69) is 26.6 Å². The fourth-order valence-corrected chi connectivity index (χ4v) is 7.88. The lowest BCUT2D eigenvalue weighted by Crippen LogP contribution is -2.23. The summed E-state index contributed by atoms with van der Waals surface area (Å²) in [6.45, 7) is 5.05. The van der Waals surface area contributed by atoms with Crippen LogP contribution in [0.15, 0.2) is 83.8 Å². The van der Waals surface area contributed by atoms with Gasteiger partial charge in [0, 0.05) is 61.8 Å². The van der Waals surface area contributed by atoms with Crippen molar-refractivity contribution in [2.75, 3.05) is 38.6 Å². The van der Waals surface area contributed by atoms with Gasteiger partial charge in [-0.15, -0.1) is 0 Å². The molecule has 0 bridgehead atoms. The lowest BCUT2D eigenvalue weighted by molar-refractivity contribution is -0.141. The highest BCUT2D eigenvalue weighted by molar-refractivity contribution is 6.31. The van der Waals surface area contributed by atoms with Crippen LogP contribution in [0.4, 0.5) is 24.7 Å². The number of methoxy groups -OCH3 is 1. The molecule has 288 valence electrons. The number of carbonyl (C=O) groups is 1. The van der Waals surface area contributed by atoms with Crippen molar-refractivity contribution >= 4 is 46.1 Å². The van der Waals surface area contributed by atoms with Crippen LogP contribution in [0.25, 0.3) is 17.0 Å². The number of carboxylic acid groups (broad SMARTS) is 1. The van der Waals surface area contributed by atoms with Crippen molar-refractivity contribution in [1.82, 2.24) is 25.1 Å². The van der Waals surface area contributed by atoms with Gasteiger partial charge in [-0.2, -0.15) is 13.2 Å². The number of hydrogen-bond donors (Lipinski definition) is 4. The fraction of sp³-hybridized carbons (Fsp3) is 0.341. The third-order valence-corrected chi connectivity index (χ3v) is 11.0. The zero-order valence-corrected chi connectivity index (χ0v) is 31.2. The third-order valence-electron chi connectivity index (χ3n) is 10.5. The SMILES string of the molecule is COc1cc(/C=C/C2=C(Cl)C(c3cccc(Nc4nccc5cc(CN6CC[C@@H](O)C6)cnc45)c3C)NC=C2)c(C(F)(F)F)cc1CN1CC[C@@H](C(=O)O)C1. The quantitative estimate of drug-likeness (QED) is 0.122. The van der Waals surface area contributed by atoms with Crippen LogP contribution in [0.3, 0.4) is 0 Å². The second kappa shape index (κ2) is 16.0. The Morgan fingerprint density at radius 1 is 1.09 bits per heavy atom. The van der Waals surface area contributed by atoms with Crippen molar-refractivity contribution in [1.29, 1.82) is 0 Å². The number of nitrogens with zero attached hydrogens (tertiary/aromatic N) is 4. The molecule has 2 saturated heterocycles. The molecule has 1 unspecified atom stereocenters. The second-order valence-electron chi connectivity index (χ2n) is 14.3. The standard InChI is InChI=1S/C41H42ClF3N6O4/c1-24-32(4-3-5-34(24)49-39-37-28(9-13-47-39)16-25(19-48-37)20-50-15-11-31(52)23-50)38-36(42)26(8-12-46-38)6-7-27-18-35(55-2)30(17-33(27)41(43,44)45)22-51-14-10-29(21-51)40(53)54/h3-9,12-13,16-19,29,31,38,46,52H,10-11,14-15,20-23H2,1-2H3,(H,47,49)(H,53,54)/b7-6+/t29-,31-,38?/m1/s1. The van der Waals surface area contributed by atoms with E-state index in [0.717, 1.165) is 46.8 Å². The predicted octanol–water partition coefficient (Wildman–Crippen LogP) is 7.55. The van der Waals surface area contributed by atoms with Crippen LogP contribution >= 0.6 is 11.6 Å². The van der Waals surface area contributed by atoms with Crippen LogP contribution in [0.5, 0.6) is 5.75 Å². The van der Waals surface area contributed by atoms with Gasteiger partial charge in [0.05, 0.1) is 35.8 Å². The molecular weight excluding hydrogens is 733 g/mol. The number of likely N-dealkylation sites (tertiary alicyclic amines) is 2. The fourth-order valence-electron chi connectivity index (χ4n) is 7.58. The third kappa shape index (κ3) is 8.50. The number of allylic oxidation sites excluding steroid dienone is 3. The molecule has 3 aliphatic heterocycles. The maximum Gasteiger partial charge on any atom is 0.417 e. The number of carboxylic acids is 1. The number of aromatic nitrogens is 2. The van der Waals surface area contributed by atoms with Gasteiger partial charge >= 0.3 is 12.1 Å². The molecule has 2 fully saturated rings. The smallest absolute Gasteiger partial charge is 0.417 e. The van der Waals surface area contributed by atoms with Crippen molar-refractivity contribution in [3.8, 4) is 5.75 Å². The Labute approximate surface area is 322 Å². The molecule has 14 heteroatoms. The number of pyridine rings is 2. The van der Waals surface area contributed by atoms with Gasteiger partial charge in [0.15, 0.2) is 5.82 Å². The number of alkyl halides is 3. The number of aliphatic hydroxyl groups is 1. The molecule has 2 aromatic carbocycles. The van der Waals surface area contributed by atoms with Gasteiger partial charge in [0.1, 0.15) is 11.3 Å². The molecule has 7 rings (SSSR count). The van der Waals surface area contributed by atoms with E-state index in [1.54, 1.807) is 24.5 Å². The lowest BCUT2D eigenvalue weighted by atomic mass is 9.95. The van der Waals surface area contributed by atoms with Crippen molar-refractivity contribution in [2.45, 2.75) is 51.2 Å². The van der Waals surface area contributed by atoms with E-state index < -0.39 is 29.7 Å². The molecule has 0 spiro atoms. The second-order valence-corrected chi connectivity index (χ2v) is 14.7. The number of fused-ring (bicyclic) bond motifs is 1. The molecule has 10 nitrogen and oxygen atoms in total. The van der Waals surface area contributed by atoms with Gasteiger partial charge in [0.2, 0.25) is 0 Å². The highest BCUT2D eigenvalue weighted by Gasteiger charge is 2.35. The molecular formula is C41H42ClF3N6O4. The van der Waals surface area contributed by atoms with E-state index in [1.807, 2.05) is 42.3 Å². The Bertz CT molecular complexity index is 2190. The Morgan fingerprint density at radius 2 is 1.89 bits per heavy atom. The van der Waals surface area contributed by atoms with E-state index >= 15 is 0 Å². The summed E-state index contributed by atoms with van der Waals surface area (Å²) in [7, 11) is 1.40. The largest absolute Gasteiger partial charge is 0.496 e. The molecule has 4 N–H and O–H groups in total. The number of anilines is 2. The van der Waals surface area contributed by atoms with Gasteiger partial charge in [-0.3, -0.25) is 19.6 Å². The van der Waals surface area contributed by atoms with Crippen LogP contribution in [0.2, 0.25) is 0 Å². The highest BCUT2D eigenvalue weighted by Crippen LogP contribution is 2.40. The van der Waals surface area contributed by atoms with E-state index in [0.29, 0.717) is 53.6 Å². The number of aliphatic hydroxyl groups excluding tert-OH is 1. The van der Waals surface area contributed by atoms with Gasteiger partial charge in [-0.05, 0) is 96.7 Å². The highest BCUT2D eigenvalue weighted by atomic mass is 35.5. The zero-order chi connectivity index (χ0) is 38.9. The predicted molar refractivity (Wildman–Crippen MR) is 206 cm³/mol. The van der Waals surface area contributed by atoms with Gasteiger partial charge in [0.25, 0.3) is 0 Å². The van der Waals surface area contributed by atoms with Crippen LogP contribution in [-0.4, -0.2) is 75.3 Å². The first kappa shape index (κ1) is 38.3. The number of dihydropyridines is 1. The van der Waals surface area contributed by atoms with E-state index in [-0.39, 0.29) is 30.5 Å². The van der Waals surface area contributed by atoms with Gasteiger partial charge in [-0.1, -0.05) is 35.9 Å². The summed E-state index contributed by atoms with van der Waals surface area (Å²) in [6, 6.07) is 11.8. The maximum absolute atomic E-state index is 14.4. The van der Waals surface area contributed by atoms with E-state index in [1.165, 1.54) is 19.3 Å². The van der Waals surface area contributed by atoms with Gasteiger partial charge < -0.3 is 25.6 Å². The minimum atomic E-state index is -4.65. The summed E-state index contributed by atoms with van der Waals surface area (Å²) in [5.74, 6) is -0.583. The molecule has 0 aliphatic carbocycles. The van der Waals surface area contributed by atoms with Crippen molar-refractivity contribution in [3.63, 3.8) is 0 Å². The number of rotatable bonds is 11. The average molecular weight is 775 g/mol. The number of hydrogen-bond acceptors (Lipinski definition) is 9. The van der Waals surface area contributed by atoms with Crippen LogP contribution in [-0.2, 0) is 24.1 Å². The van der Waals surface area contributed by atoms with Crippen molar-refractivity contribution in [3.05, 3.63) is 117 Å². The van der Waals surface area contributed by atoms with Crippen LogP contribution in [0.1, 0.15) is 52.3 Å².